The Labute approximate surface area is 122 Å². The zero-order valence-electron chi connectivity index (χ0n) is 11.6. The van der Waals surface area contributed by atoms with E-state index >= 15 is 0 Å². The van der Waals surface area contributed by atoms with E-state index in [1.807, 2.05) is 37.3 Å². The van der Waals surface area contributed by atoms with Gasteiger partial charge in [-0.15, -0.1) is 11.3 Å². The molecule has 0 fully saturated rings. The van der Waals surface area contributed by atoms with Gasteiger partial charge in [0, 0.05) is 16.6 Å². The first-order chi connectivity index (χ1) is 9.67. The fourth-order valence-corrected chi connectivity index (χ4v) is 2.98. The Kier molecular flexibility index (Phi) is 4.63. The zero-order valence-corrected chi connectivity index (χ0v) is 12.4. The van der Waals surface area contributed by atoms with Gasteiger partial charge in [-0.3, -0.25) is 4.79 Å². The second-order valence-electron chi connectivity index (χ2n) is 4.32. The lowest BCUT2D eigenvalue weighted by molar-refractivity contribution is 0.0959. The highest BCUT2D eigenvalue weighted by atomic mass is 32.1. The first-order valence-corrected chi connectivity index (χ1v) is 7.24. The molecule has 0 saturated heterocycles. The van der Waals surface area contributed by atoms with Crippen LogP contribution in [0, 0.1) is 0 Å². The van der Waals surface area contributed by atoms with Crippen LogP contribution in [0.3, 0.4) is 0 Å². The number of rotatable bonds is 5. The van der Waals surface area contributed by atoms with E-state index in [9.17, 15) is 4.79 Å². The fourth-order valence-electron chi connectivity index (χ4n) is 1.91. The van der Waals surface area contributed by atoms with E-state index in [-0.39, 0.29) is 5.91 Å². The predicted molar refractivity (Wildman–Crippen MR) is 84.6 cm³/mol. The number of anilines is 1. The van der Waals surface area contributed by atoms with Crippen LogP contribution in [-0.4, -0.2) is 19.6 Å². The lowest BCUT2D eigenvalue weighted by Crippen LogP contribution is -2.23. The Morgan fingerprint density at radius 3 is 3.00 bits per heavy atom. The van der Waals surface area contributed by atoms with Crippen LogP contribution < -0.4 is 15.8 Å². The maximum Gasteiger partial charge on any atom is 0.263 e. The number of carbonyl (C=O) groups is 1. The summed E-state index contributed by atoms with van der Waals surface area (Å²) in [5.41, 5.74) is 6.59. The standard InChI is InChI=1S/C15H18N2O2S/c1-3-4-5-8-17-15(18)14-13(16)11-7-6-10(19-2)9-12(11)20-14/h3-4,6-7,9H,5,8,16H2,1-2H3,(H,17,18)/b4-3+. The Morgan fingerprint density at radius 1 is 1.50 bits per heavy atom. The molecule has 4 nitrogen and oxygen atoms in total. The van der Waals surface area contributed by atoms with Gasteiger partial charge in [0.15, 0.2) is 0 Å². The molecule has 5 heteroatoms. The molecule has 0 atom stereocenters. The fraction of sp³-hybridized carbons (Fsp3) is 0.267. The number of hydrogen-bond acceptors (Lipinski definition) is 4. The Balaban J connectivity index is 2.21. The number of hydrogen-bond donors (Lipinski definition) is 2. The molecule has 0 aliphatic heterocycles. The molecule has 106 valence electrons. The van der Waals surface area contributed by atoms with Crippen molar-refractivity contribution in [2.24, 2.45) is 0 Å². The number of benzene rings is 1. The highest BCUT2D eigenvalue weighted by molar-refractivity contribution is 7.21. The quantitative estimate of drug-likeness (QED) is 0.656. The average Bonchev–Trinajstić information content (AvgIpc) is 2.80. The lowest BCUT2D eigenvalue weighted by Gasteiger charge is -2.02. The van der Waals surface area contributed by atoms with Crippen molar-refractivity contribution in [3.05, 3.63) is 35.2 Å². The average molecular weight is 290 g/mol. The van der Waals surface area contributed by atoms with Crippen LogP contribution in [0.2, 0.25) is 0 Å². The maximum atomic E-state index is 12.1. The van der Waals surface area contributed by atoms with Gasteiger partial charge in [-0.1, -0.05) is 12.2 Å². The number of carbonyl (C=O) groups excluding carboxylic acids is 1. The van der Waals surface area contributed by atoms with Crippen molar-refractivity contribution < 1.29 is 9.53 Å². The van der Waals surface area contributed by atoms with E-state index in [0.717, 1.165) is 22.3 Å². The Morgan fingerprint density at radius 2 is 2.30 bits per heavy atom. The smallest absolute Gasteiger partial charge is 0.263 e. The molecule has 0 aliphatic rings. The molecule has 2 rings (SSSR count). The second kappa shape index (κ2) is 6.43. The molecular formula is C15H18N2O2S. The first-order valence-electron chi connectivity index (χ1n) is 6.42. The number of thiophene rings is 1. The van der Waals surface area contributed by atoms with Crippen molar-refractivity contribution in [3.8, 4) is 5.75 Å². The van der Waals surface area contributed by atoms with Gasteiger partial charge in [0.2, 0.25) is 0 Å². The maximum absolute atomic E-state index is 12.1. The third kappa shape index (κ3) is 2.93. The van der Waals surface area contributed by atoms with Gasteiger partial charge in [0.1, 0.15) is 10.6 Å². The van der Waals surface area contributed by atoms with Crippen LogP contribution in [0.25, 0.3) is 10.1 Å². The minimum Gasteiger partial charge on any atom is -0.497 e. The van der Waals surface area contributed by atoms with Gasteiger partial charge < -0.3 is 15.8 Å². The van der Waals surface area contributed by atoms with E-state index in [0.29, 0.717) is 17.1 Å². The van der Waals surface area contributed by atoms with Gasteiger partial charge in [-0.25, -0.2) is 0 Å². The summed E-state index contributed by atoms with van der Waals surface area (Å²) in [5.74, 6) is 0.644. The molecule has 2 aromatic rings. The number of methoxy groups -OCH3 is 1. The van der Waals surface area contributed by atoms with E-state index in [2.05, 4.69) is 5.32 Å². The molecule has 0 radical (unpaired) electrons. The number of nitrogens with two attached hydrogens (primary N) is 1. The van der Waals surface area contributed by atoms with Crippen LogP contribution in [0.15, 0.2) is 30.4 Å². The van der Waals surface area contributed by atoms with Gasteiger partial charge in [-0.2, -0.15) is 0 Å². The molecule has 1 heterocycles. The third-order valence-electron chi connectivity index (χ3n) is 2.97. The molecule has 1 aromatic carbocycles. The van der Waals surface area contributed by atoms with Crippen LogP contribution >= 0.6 is 11.3 Å². The van der Waals surface area contributed by atoms with Crippen molar-refractivity contribution >= 4 is 33.0 Å². The molecule has 0 unspecified atom stereocenters. The topological polar surface area (TPSA) is 64.3 Å². The second-order valence-corrected chi connectivity index (χ2v) is 5.37. The Hall–Kier alpha value is -2.01. The lowest BCUT2D eigenvalue weighted by atomic mass is 10.2. The van der Waals surface area contributed by atoms with Crippen LogP contribution in [0.5, 0.6) is 5.75 Å². The molecule has 0 aliphatic carbocycles. The van der Waals surface area contributed by atoms with E-state index < -0.39 is 0 Å². The van der Waals surface area contributed by atoms with Crippen molar-refractivity contribution in [3.63, 3.8) is 0 Å². The summed E-state index contributed by atoms with van der Waals surface area (Å²) in [7, 11) is 1.62. The summed E-state index contributed by atoms with van der Waals surface area (Å²) in [6.45, 7) is 2.57. The van der Waals surface area contributed by atoms with Crippen LogP contribution in [-0.2, 0) is 0 Å². The van der Waals surface area contributed by atoms with Crippen molar-refractivity contribution in [1.29, 1.82) is 0 Å². The molecule has 0 spiro atoms. The van der Waals surface area contributed by atoms with Crippen LogP contribution in [0.1, 0.15) is 23.0 Å². The van der Waals surface area contributed by atoms with E-state index in [4.69, 9.17) is 10.5 Å². The van der Waals surface area contributed by atoms with Gasteiger partial charge in [0.25, 0.3) is 5.91 Å². The first kappa shape index (κ1) is 14.4. The molecule has 20 heavy (non-hydrogen) atoms. The van der Waals surface area contributed by atoms with Gasteiger partial charge >= 0.3 is 0 Å². The summed E-state index contributed by atoms with van der Waals surface area (Å²) in [5, 5.41) is 3.77. The summed E-state index contributed by atoms with van der Waals surface area (Å²) in [6.07, 6.45) is 4.80. The monoisotopic (exact) mass is 290 g/mol. The highest BCUT2D eigenvalue weighted by Crippen LogP contribution is 2.35. The molecule has 1 amide bonds. The normalized spacial score (nSPS) is 11.1. The van der Waals surface area contributed by atoms with Gasteiger partial charge in [-0.05, 0) is 31.5 Å². The van der Waals surface area contributed by atoms with E-state index in [1.165, 1.54) is 11.3 Å². The Bertz CT molecular complexity index is 647. The minimum absolute atomic E-state index is 0.118. The summed E-state index contributed by atoms with van der Waals surface area (Å²) in [6, 6.07) is 5.63. The number of amides is 1. The molecular weight excluding hydrogens is 272 g/mol. The third-order valence-corrected chi connectivity index (χ3v) is 4.14. The predicted octanol–water partition coefficient (Wildman–Crippen LogP) is 3.19. The summed E-state index contributed by atoms with van der Waals surface area (Å²) in [4.78, 5) is 12.7. The molecule has 0 saturated carbocycles. The summed E-state index contributed by atoms with van der Waals surface area (Å²) >= 11 is 1.39. The minimum atomic E-state index is -0.118. The van der Waals surface area contributed by atoms with Gasteiger partial charge in [0.05, 0.1) is 12.8 Å². The zero-order chi connectivity index (χ0) is 14.5. The van der Waals surface area contributed by atoms with Crippen LogP contribution in [0.4, 0.5) is 5.69 Å². The van der Waals surface area contributed by atoms with Crippen molar-refractivity contribution in [1.82, 2.24) is 5.32 Å². The largest absolute Gasteiger partial charge is 0.497 e. The number of fused-ring (bicyclic) bond motifs is 1. The molecule has 3 N–H and O–H groups in total. The van der Waals surface area contributed by atoms with Crippen molar-refractivity contribution in [2.45, 2.75) is 13.3 Å². The summed E-state index contributed by atoms with van der Waals surface area (Å²) < 4.78 is 6.14. The number of nitrogen functional groups attached to an aromatic ring is 1. The van der Waals surface area contributed by atoms with E-state index in [1.54, 1.807) is 7.11 Å². The molecule has 1 aromatic heterocycles. The number of nitrogens with one attached hydrogen (secondary N) is 1. The number of ether oxygens (including phenoxy) is 1. The number of allylic oxidation sites excluding steroid dienone is 1. The van der Waals surface area contributed by atoms with Crippen molar-refractivity contribution in [2.75, 3.05) is 19.4 Å². The SMILES string of the molecule is C/C=C/CCNC(=O)c1sc2cc(OC)ccc2c1N. The highest BCUT2D eigenvalue weighted by Gasteiger charge is 2.16. The molecule has 0 bridgehead atoms.